The van der Waals surface area contributed by atoms with Gasteiger partial charge in [0.05, 0.1) is 12.2 Å². The zero-order valence-electron chi connectivity index (χ0n) is 12.2. The van der Waals surface area contributed by atoms with Crippen molar-refractivity contribution in [2.45, 2.75) is 12.5 Å². The number of hydrogen-bond donors (Lipinski definition) is 1. The monoisotopic (exact) mass is 346 g/mol. The number of carbonyl (C=O) groups is 1. The third-order valence-electron chi connectivity index (χ3n) is 3.33. The molecule has 24 heavy (non-hydrogen) atoms. The summed E-state index contributed by atoms with van der Waals surface area (Å²) in [7, 11) is 0. The van der Waals surface area contributed by atoms with Gasteiger partial charge in [0, 0.05) is 0 Å². The molecule has 1 N–H and O–H groups in total. The highest BCUT2D eigenvalue weighted by molar-refractivity contribution is 5.85. The van der Waals surface area contributed by atoms with Crippen LogP contribution in [0.4, 0.5) is 22.0 Å². The fraction of sp³-hybridized carbons (Fsp3) is 0.188. The minimum Gasteiger partial charge on any atom is -0.463 e. The van der Waals surface area contributed by atoms with E-state index in [-0.39, 0.29) is 6.61 Å². The number of hydrogen-bond acceptors (Lipinski definition) is 3. The maximum atomic E-state index is 14.1. The molecule has 1 atom stereocenters. The molecule has 3 nitrogen and oxygen atoms in total. The molecule has 1 unspecified atom stereocenters. The Kier molecular flexibility index (Phi) is 4.88. The lowest BCUT2D eigenvalue weighted by Crippen LogP contribution is -2.41. The second kappa shape index (κ2) is 6.56. The molecule has 128 valence electrons. The summed E-state index contributed by atoms with van der Waals surface area (Å²) >= 11 is 0. The number of esters is 1. The largest absolute Gasteiger partial charge is 0.463 e. The van der Waals surface area contributed by atoms with E-state index >= 15 is 0 Å². The molecule has 0 radical (unpaired) electrons. The lowest BCUT2D eigenvalue weighted by molar-refractivity contribution is -0.162. The molecular formula is C16H11F5O3. The number of aliphatic hydroxyl groups is 1. The van der Waals surface area contributed by atoms with Crippen molar-refractivity contribution in [2.24, 2.45) is 0 Å². The molecule has 0 heterocycles. The van der Waals surface area contributed by atoms with Crippen molar-refractivity contribution < 1.29 is 36.6 Å². The van der Waals surface area contributed by atoms with E-state index in [0.717, 1.165) is 12.1 Å². The van der Waals surface area contributed by atoms with Gasteiger partial charge in [0.25, 0.3) is 0 Å². The van der Waals surface area contributed by atoms with Crippen LogP contribution in [0.1, 0.15) is 18.1 Å². The molecule has 0 aliphatic carbocycles. The van der Waals surface area contributed by atoms with Crippen LogP contribution in [0.2, 0.25) is 0 Å². The summed E-state index contributed by atoms with van der Waals surface area (Å²) in [5.41, 5.74) is -5.31. The van der Waals surface area contributed by atoms with Crippen LogP contribution in [0.3, 0.4) is 0 Å². The van der Waals surface area contributed by atoms with E-state index in [1.807, 2.05) is 0 Å². The Morgan fingerprint density at radius 2 is 1.42 bits per heavy atom. The zero-order valence-corrected chi connectivity index (χ0v) is 12.2. The molecule has 0 saturated heterocycles. The summed E-state index contributed by atoms with van der Waals surface area (Å²) in [6, 6.07) is 6.27. The summed E-state index contributed by atoms with van der Waals surface area (Å²) in [6.07, 6.45) is 0. The predicted octanol–water partition coefficient (Wildman–Crippen LogP) is 3.18. The van der Waals surface area contributed by atoms with Crippen LogP contribution in [0.25, 0.3) is 0 Å². The molecule has 0 amide bonds. The highest BCUT2D eigenvalue weighted by Crippen LogP contribution is 2.37. The summed E-state index contributed by atoms with van der Waals surface area (Å²) in [5, 5.41) is 10.6. The van der Waals surface area contributed by atoms with Gasteiger partial charge in [-0.3, -0.25) is 0 Å². The Hall–Kier alpha value is -2.48. The van der Waals surface area contributed by atoms with Gasteiger partial charge in [-0.25, -0.2) is 26.7 Å². The number of halogens is 5. The van der Waals surface area contributed by atoms with Crippen LogP contribution in [-0.4, -0.2) is 17.7 Å². The van der Waals surface area contributed by atoms with Crippen molar-refractivity contribution in [1.29, 1.82) is 0 Å². The van der Waals surface area contributed by atoms with Gasteiger partial charge in [-0.2, -0.15) is 0 Å². The molecule has 2 rings (SSSR count). The summed E-state index contributed by atoms with van der Waals surface area (Å²) in [4.78, 5) is 12.1. The van der Waals surface area contributed by atoms with Gasteiger partial charge < -0.3 is 9.84 Å². The van der Waals surface area contributed by atoms with Gasteiger partial charge in [-0.05, 0) is 12.5 Å². The lowest BCUT2D eigenvalue weighted by atomic mass is 9.85. The van der Waals surface area contributed by atoms with Crippen LogP contribution in [-0.2, 0) is 15.1 Å². The first-order valence-electron chi connectivity index (χ1n) is 6.73. The van der Waals surface area contributed by atoms with E-state index in [0.29, 0.717) is 0 Å². The molecule has 8 heteroatoms. The second-order valence-corrected chi connectivity index (χ2v) is 4.74. The van der Waals surface area contributed by atoms with Crippen molar-refractivity contribution in [2.75, 3.05) is 6.61 Å². The number of rotatable bonds is 4. The standard InChI is InChI=1S/C16H11F5O3/c1-2-24-15(22)16(23,8-6-4-3-5-7-8)9-10(17)12(19)14(21)13(20)11(9)18/h3-7,23H,2H2,1H3. The number of benzene rings is 2. The third kappa shape index (κ3) is 2.62. The van der Waals surface area contributed by atoms with Gasteiger partial charge in [-0.15, -0.1) is 0 Å². The van der Waals surface area contributed by atoms with Crippen molar-refractivity contribution >= 4 is 5.97 Å². The summed E-state index contributed by atoms with van der Waals surface area (Å²) < 4.78 is 72.9. The second-order valence-electron chi connectivity index (χ2n) is 4.74. The number of carbonyl (C=O) groups excluding carboxylic acids is 1. The molecular weight excluding hydrogens is 335 g/mol. The Morgan fingerprint density at radius 3 is 1.88 bits per heavy atom. The Balaban J connectivity index is 2.87. The summed E-state index contributed by atoms with van der Waals surface area (Å²) in [6.45, 7) is 1.06. The molecule has 0 aromatic heterocycles. The van der Waals surface area contributed by atoms with Crippen molar-refractivity contribution in [1.82, 2.24) is 0 Å². The minimum atomic E-state index is -3.21. The predicted molar refractivity (Wildman–Crippen MR) is 72.3 cm³/mol. The first-order valence-corrected chi connectivity index (χ1v) is 6.73. The Morgan fingerprint density at radius 1 is 0.958 bits per heavy atom. The molecule has 0 spiro atoms. The fourth-order valence-electron chi connectivity index (χ4n) is 2.20. The van der Waals surface area contributed by atoms with Crippen LogP contribution >= 0.6 is 0 Å². The van der Waals surface area contributed by atoms with Crippen LogP contribution in [0.15, 0.2) is 30.3 Å². The normalized spacial score (nSPS) is 13.5. The maximum Gasteiger partial charge on any atom is 0.347 e. The molecule has 0 bridgehead atoms. The van der Waals surface area contributed by atoms with E-state index in [9.17, 15) is 31.9 Å². The molecule has 0 aliphatic rings. The van der Waals surface area contributed by atoms with E-state index in [2.05, 4.69) is 4.74 Å². The summed E-state index contributed by atoms with van der Waals surface area (Å²) in [5.74, 6) is -13.1. The molecule has 0 fully saturated rings. The van der Waals surface area contributed by atoms with Crippen LogP contribution in [0.5, 0.6) is 0 Å². The van der Waals surface area contributed by atoms with Gasteiger partial charge in [-0.1, -0.05) is 30.3 Å². The quantitative estimate of drug-likeness (QED) is 0.400. The average Bonchev–Trinajstić information content (AvgIpc) is 2.59. The number of ether oxygens (including phenoxy) is 1. The first-order chi connectivity index (χ1) is 11.3. The van der Waals surface area contributed by atoms with Gasteiger partial charge >= 0.3 is 5.97 Å². The third-order valence-corrected chi connectivity index (χ3v) is 3.33. The van der Waals surface area contributed by atoms with E-state index in [4.69, 9.17) is 0 Å². The SMILES string of the molecule is CCOC(=O)C(O)(c1ccccc1)c1c(F)c(F)c(F)c(F)c1F. The van der Waals surface area contributed by atoms with Crippen molar-refractivity contribution in [3.05, 3.63) is 70.5 Å². The van der Waals surface area contributed by atoms with Crippen molar-refractivity contribution in [3.63, 3.8) is 0 Å². The Bertz CT molecular complexity index is 750. The lowest BCUT2D eigenvalue weighted by Gasteiger charge is -2.27. The van der Waals surface area contributed by atoms with Crippen LogP contribution < -0.4 is 0 Å². The fourth-order valence-corrected chi connectivity index (χ4v) is 2.20. The highest BCUT2D eigenvalue weighted by atomic mass is 19.2. The van der Waals surface area contributed by atoms with E-state index in [1.165, 1.54) is 25.1 Å². The topological polar surface area (TPSA) is 46.5 Å². The smallest absolute Gasteiger partial charge is 0.347 e. The maximum absolute atomic E-state index is 14.1. The van der Waals surface area contributed by atoms with E-state index in [1.54, 1.807) is 0 Å². The molecule has 0 aliphatic heterocycles. The van der Waals surface area contributed by atoms with Gasteiger partial charge in [0.1, 0.15) is 0 Å². The zero-order chi connectivity index (χ0) is 18.1. The van der Waals surface area contributed by atoms with Crippen LogP contribution in [0, 0.1) is 29.1 Å². The van der Waals surface area contributed by atoms with Gasteiger partial charge in [0.2, 0.25) is 11.4 Å². The molecule has 0 saturated carbocycles. The van der Waals surface area contributed by atoms with E-state index < -0.39 is 51.8 Å². The molecule has 2 aromatic rings. The average molecular weight is 346 g/mol. The Labute approximate surface area is 133 Å². The highest BCUT2D eigenvalue weighted by Gasteiger charge is 2.48. The van der Waals surface area contributed by atoms with Crippen molar-refractivity contribution in [3.8, 4) is 0 Å². The molecule has 2 aromatic carbocycles. The first kappa shape index (κ1) is 17.9. The van der Waals surface area contributed by atoms with Gasteiger partial charge in [0.15, 0.2) is 23.3 Å². The minimum absolute atomic E-state index is 0.288.